The molecule has 0 unspecified atom stereocenters. The number of methoxy groups -OCH3 is 1. The first-order valence-corrected chi connectivity index (χ1v) is 9.96. The first kappa shape index (κ1) is 19.8. The third-order valence-corrected chi connectivity index (χ3v) is 6.08. The van der Waals surface area contributed by atoms with E-state index in [1.807, 2.05) is 29.9 Å². The molecule has 9 nitrogen and oxygen atoms in total. The van der Waals surface area contributed by atoms with Crippen LogP contribution in [0.4, 0.5) is 0 Å². The summed E-state index contributed by atoms with van der Waals surface area (Å²) in [6, 6.07) is 1.68. The van der Waals surface area contributed by atoms with E-state index in [-0.39, 0.29) is 23.8 Å². The lowest BCUT2D eigenvalue weighted by Gasteiger charge is -2.36. The van der Waals surface area contributed by atoms with Crippen molar-refractivity contribution in [1.29, 1.82) is 0 Å². The molecule has 0 spiro atoms. The van der Waals surface area contributed by atoms with Gasteiger partial charge in [-0.15, -0.1) is 5.10 Å². The number of rotatable bonds is 5. The summed E-state index contributed by atoms with van der Waals surface area (Å²) in [6.07, 6.45) is 6.64. The summed E-state index contributed by atoms with van der Waals surface area (Å²) in [5.41, 5.74) is 1.24. The fourth-order valence-electron chi connectivity index (χ4n) is 4.70. The number of fused-ring (bicyclic) bond motifs is 1. The Bertz CT molecular complexity index is 869. The van der Waals surface area contributed by atoms with Crippen molar-refractivity contribution in [1.82, 2.24) is 29.8 Å². The van der Waals surface area contributed by atoms with Crippen molar-refractivity contribution in [3.05, 3.63) is 35.9 Å². The fraction of sp³-hybridized carbons (Fsp3) is 0.600. The highest BCUT2D eigenvalue weighted by Gasteiger charge is 2.45. The lowest BCUT2D eigenvalue weighted by Crippen LogP contribution is -2.37. The van der Waals surface area contributed by atoms with Crippen LogP contribution in [0.3, 0.4) is 0 Å². The van der Waals surface area contributed by atoms with E-state index in [1.54, 1.807) is 13.2 Å². The molecule has 2 fully saturated rings. The molecule has 2 aromatic rings. The monoisotopic (exact) mass is 400 g/mol. The SMILES string of the molecule is CO[C@@H]1C[C@H]2CN(C(=O)c3ccncc3O)C[C@H]2C[C@H]1n1cc(CN(C)C)nn1. The molecule has 3 heterocycles. The molecule has 4 rings (SSSR count). The first-order valence-electron chi connectivity index (χ1n) is 9.96. The smallest absolute Gasteiger partial charge is 0.257 e. The van der Waals surface area contributed by atoms with Crippen LogP contribution in [0.5, 0.6) is 5.75 Å². The minimum absolute atomic E-state index is 0.0366. The molecule has 0 radical (unpaired) electrons. The Kier molecular flexibility index (Phi) is 5.51. The average molecular weight is 400 g/mol. The third-order valence-electron chi connectivity index (χ3n) is 6.08. The van der Waals surface area contributed by atoms with E-state index in [0.29, 0.717) is 30.5 Å². The Morgan fingerprint density at radius 3 is 2.76 bits per heavy atom. The molecular formula is C20H28N6O3. The van der Waals surface area contributed by atoms with E-state index in [2.05, 4.69) is 20.2 Å². The molecule has 29 heavy (non-hydrogen) atoms. The summed E-state index contributed by atoms with van der Waals surface area (Å²) in [6.45, 7) is 2.10. The Morgan fingerprint density at radius 2 is 2.07 bits per heavy atom. The van der Waals surface area contributed by atoms with Crippen molar-refractivity contribution < 1.29 is 14.6 Å². The molecule has 9 heteroatoms. The van der Waals surface area contributed by atoms with Gasteiger partial charge in [0.05, 0.1) is 35.8 Å². The zero-order valence-electron chi connectivity index (χ0n) is 17.1. The third kappa shape index (κ3) is 3.97. The van der Waals surface area contributed by atoms with Gasteiger partial charge in [-0.2, -0.15) is 0 Å². The number of nitrogens with zero attached hydrogens (tertiary/aromatic N) is 6. The van der Waals surface area contributed by atoms with Gasteiger partial charge in [0.25, 0.3) is 5.91 Å². The maximum absolute atomic E-state index is 12.9. The summed E-state index contributed by atoms with van der Waals surface area (Å²) in [5.74, 6) is 0.546. The number of carbonyl (C=O) groups excluding carboxylic acids is 1. The van der Waals surface area contributed by atoms with Gasteiger partial charge in [-0.1, -0.05) is 5.21 Å². The summed E-state index contributed by atoms with van der Waals surface area (Å²) in [5, 5.41) is 18.6. The van der Waals surface area contributed by atoms with Gasteiger partial charge in [0, 0.05) is 32.9 Å². The van der Waals surface area contributed by atoms with E-state index < -0.39 is 0 Å². The quantitative estimate of drug-likeness (QED) is 0.805. The predicted molar refractivity (Wildman–Crippen MR) is 105 cm³/mol. The van der Waals surface area contributed by atoms with Crippen LogP contribution in [-0.4, -0.2) is 81.2 Å². The van der Waals surface area contributed by atoms with E-state index in [0.717, 1.165) is 25.1 Å². The van der Waals surface area contributed by atoms with Gasteiger partial charge in [-0.05, 0) is 44.8 Å². The minimum Gasteiger partial charge on any atom is -0.505 e. The number of hydrogen-bond donors (Lipinski definition) is 1. The zero-order chi connectivity index (χ0) is 20.5. The molecule has 156 valence electrons. The van der Waals surface area contributed by atoms with Gasteiger partial charge in [0.1, 0.15) is 5.75 Å². The number of carbonyl (C=O) groups is 1. The van der Waals surface area contributed by atoms with Crippen LogP contribution in [0.1, 0.15) is 34.9 Å². The summed E-state index contributed by atoms with van der Waals surface area (Å²) in [7, 11) is 5.75. The van der Waals surface area contributed by atoms with Crippen molar-refractivity contribution >= 4 is 5.91 Å². The molecule has 1 saturated carbocycles. The standard InChI is InChI=1S/C20H28N6O3/c1-24(2)11-15-12-26(23-22-15)17-6-13-9-25(10-14(13)7-19(17)29-3)20(28)16-4-5-21-8-18(16)27/h4-5,8,12-14,17,19,27H,6-7,9-11H2,1-3H3/t13-,14+,17-,19-/m1/s1. The second-order valence-electron chi connectivity index (χ2n) is 8.36. The van der Waals surface area contributed by atoms with Crippen LogP contribution in [0, 0.1) is 11.8 Å². The number of pyridine rings is 1. The van der Waals surface area contributed by atoms with Crippen LogP contribution < -0.4 is 0 Å². The van der Waals surface area contributed by atoms with E-state index >= 15 is 0 Å². The van der Waals surface area contributed by atoms with Crippen molar-refractivity contribution in [3.8, 4) is 5.75 Å². The van der Waals surface area contributed by atoms with Crippen LogP contribution in [0.2, 0.25) is 0 Å². The maximum Gasteiger partial charge on any atom is 0.257 e. The Labute approximate surface area is 170 Å². The van der Waals surface area contributed by atoms with Gasteiger partial charge < -0.3 is 19.6 Å². The number of amides is 1. The molecule has 0 aromatic carbocycles. The Morgan fingerprint density at radius 1 is 1.31 bits per heavy atom. The highest BCUT2D eigenvalue weighted by Crippen LogP contribution is 2.42. The molecule has 0 bridgehead atoms. The highest BCUT2D eigenvalue weighted by molar-refractivity contribution is 5.96. The molecular weight excluding hydrogens is 372 g/mol. The molecule has 4 atom stereocenters. The van der Waals surface area contributed by atoms with Crippen LogP contribution >= 0.6 is 0 Å². The number of aromatic hydroxyl groups is 1. The van der Waals surface area contributed by atoms with Crippen LogP contribution in [0.25, 0.3) is 0 Å². The lowest BCUT2D eigenvalue weighted by atomic mass is 9.77. The predicted octanol–water partition coefficient (Wildman–Crippen LogP) is 1.18. The minimum atomic E-state index is -0.140. The highest BCUT2D eigenvalue weighted by atomic mass is 16.5. The van der Waals surface area contributed by atoms with Crippen molar-refractivity contribution in [2.45, 2.75) is 31.5 Å². The Hall–Kier alpha value is -2.52. The maximum atomic E-state index is 12.9. The molecule has 1 aliphatic carbocycles. The second kappa shape index (κ2) is 8.08. The molecule has 1 saturated heterocycles. The average Bonchev–Trinajstić information content (AvgIpc) is 3.32. The van der Waals surface area contributed by atoms with E-state index in [9.17, 15) is 9.90 Å². The first-order chi connectivity index (χ1) is 14.0. The summed E-state index contributed by atoms with van der Waals surface area (Å²) in [4.78, 5) is 20.7. The van der Waals surface area contributed by atoms with Gasteiger partial charge in [0.2, 0.25) is 0 Å². The van der Waals surface area contributed by atoms with Crippen LogP contribution in [0.15, 0.2) is 24.7 Å². The number of hydrogen-bond acceptors (Lipinski definition) is 7. The second-order valence-corrected chi connectivity index (χ2v) is 8.36. The van der Waals surface area contributed by atoms with Gasteiger partial charge in [0.15, 0.2) is 0 Å². The number of aromatic nitrogens is 4. The topological polar surface area (TPSA) is 96.6 Å². The Balaban J connectivity index is 1.48. The van der Waals surface area contributed by atoms with E-state index in [1.165, 1.54) is 12.4 Å². The molecule has 1 amide bonds. The van der Waals surface area contributed by atoms with Crippen LogP contribution in [-0.2, 0) is 11.3 Å². The van der Waals surface area contributed by atoms with Crippen molar-refractivity contribution in [2.75, 3.05) is 34.3 Å². The van der Waals surface area contributed by atoms with Gasteiger partial charge >= 0.3 is 0 Å². The summed E-state index contributed by atoms with van der Waals surface area (Å²) >= 11 is 0. The van der Waals surface area contributed by atoms with Crippen molar-refractivity contribution in [2.24, 2.45) is 11.8 Å². The van der Waals surface area contributed by atoms with E-state index in [4.69, 9.17) is 4.74 Å². The number of likely N-dealkylation sites (tertiary alicyclic amines) is 1. The fourth-order valence-corrected chi connectivity index (χ4v) is 4.70. The summed E-state index contributed by atoms with van der Waals surface area (Å²) < 4.78 is 7.74. The largest absolute Gasteiger partial charge is 0.505 e. The molecule has 1 N–H and O–H groups in total. The van der Waals surface area contributed by atoms with Crippen molar-refractivity contribution in [3.63, 3.8) is 0 Å². The molecule has 1 aliphatic heterocycles. The zero-order valence-corrected chi connectivity index (χ0v) is 17.1. The molecule has 2 aromatic heterocycles. The normalized spacial score (nSPS) is 26.7. The van der Waals surface area contributed by atoms with Gasteiger partial charge in [-0.3, -0.25) is 9.78 Å². The molecule has 2 aliphatic rings. The lowest BCUT2D eigenvalue weighted by molar-refractivity contribution is -0.00547. The number of ether oxygens (including phenoxy) is 1. The van der Waals surface area contributed by atoms with Gasteiger partial charge in [-0.25, -0.2) is 4.68 Å².